The van der Waals surface area contributed by atoms with Crippen molar-refractivity contribution < 1.29 is 5.11 Å². The lowest BCUT2D eigenvalue weighted by molar-refractivity contribution is 0.164. The molecule has 1 unspecified atom stereocenters. The third-order valence-corrected chi connectivity index (χ3v) is 2.10. The van der Waals surface area contributed by atoms with Crippen LogP contribution in [0.4, 0.5) is 5.82 Å². The van der Waals surface area contributed by atoms with Crippen molar-refractivity contribution in [2.24, 2.45) is 0 Å². The van der Waals surface area contributed by atoms with Gasteiger partial charge in [0.1, 0.15) is 17.3 Å². The molecule has 5 heteroatoms. The maximum absolute atomic E-state index is 9.29. The van der Waals surface area contributed by atoms with Crippen molar-refractivity contribution in [1.29, 1.82) is 0 Å². The van der Waals surface area contributed by atoms with Crippen LogP contribution in [-0.4, -0.2) is 27.7 Å². The number of halogens is 1. The summed E-state index contributed by atoms with van der Waals surface area (Å²) in [4.78, 5) is 7.74. The molecule has 0 saturated carbocycles. The molecule has 2 N–H and O–H groups in total. The summed E-state index contributed by atoms with van der Waals surface area (Å²) in [7, 11) is 0. The average molecular weight is 216 g/mol. The molecular weight excluding hydrogens is 202 g/mol. The number of aromatic nitrogens is 2. The first kappa shape index (κ1) is 11.2. The number of aliphatic hydroxyl groups is 1. The molecule has 4 nitrogen and oxygen atoms in total. The Labute approximate surface area is 88.3 Å². The standard InChI is InChI=1S/C9H14ClN3O/c1-2-7(14)3-4-11-9-5-8(10)12-6-13-9/h5-7,14H,2-4H2,1H3,(H,11,12,13). The van der Waals surface area contributed by atoms with E-state index in [0.717, 1.165) is 6.42 Å². The monoisotopic (exact) mass is 215 g/mol. The first-order valence-electron chi connectivity index (χ1n) is 4.62. The lowest BCUT2D eigenvalue weighted by atomic mass is 10.2. The first-order valence-corrected chi connectivity index (χ1v) is 4.99. The normalized spacial score (nSPS) is 12.5. The van der Waals surface area contributed by atoms with Gasteiger partial charge in [0.25, 0.3) is 0 Å². The summed E-state index contributed by atoms with van der Waals surface area (Å²) < 4.78 is 0. The second-order valence-corrected chi connectivity index (χ2v) is 3.39. The molecule has 1 rings (SSSR count). The molecule has 1 aromatic heterocycles. The summed E-state index contributed by atoms with van der Waals surface area (Å²) in [6, 6.07) is 1.65. The van der Waals surface area contributed by atoms with Gasteiger partial charge in [0, 0.05) is 12.6 Å². The Morgan fingerprint density at radius 3 is 3.00 bits per heavy atom. The van der Waals surface area contributed by atoms with Gasteiger partial charge in [-0.2, -0.15) is 0 Å². The molecule has 1 heterocycles. The highest BCUT2D eigenvalue weighted by atomic mass is 35.5. The molecule has 0 amide bonds. The summed E-state index contributed by atoms with van der Waals surface area (Å²) in [6.45, 7) is 2.63. The molecule has 0 aliphatic rings. The molecule has 0 bridgehead atoms. The SMILES string of the molecule is CCC(O)CCNc1cc(Cl)ncn1. The Morgan fingerprint density at radius 1 is 1.57 bits per heavy atom. The van der Waals surface area contributed by atoms with Gasteiger partial charge in [0.2, 0.25) is 0 Å². The lowest BCUT2D eigenvalue weighted by Crippen LogP contribution is -2.12. The Bertz CT molecular complexity index is 283. The molecule has 14 heavy (non-hydrogen) atoms. The maximum atomic E-state index is 9.29. The van der Waals surface area contributed by atoms with E-state index in [9.17, 15) is 5.11 Å². The smallest absolute Gasteiger partial charge is 0.134 e. The molecule has 0 aromatic carbocycles. The van der Waals surface area contributed by atoms with Gasteiger partial charge < -0.3 is 10.4 Å². The molecule has 0 saturated heterocycles. The predicted molar refractivity (Wildman–Crippen MR) is 56.4 cm³/mol. The fourth-order valence-corrected chi connectivity index (χ4v) is 1.15. The zero-order valence-electron chi connectivity index (χ0n) is 8.07. The van der Waals surface area contributed by atoms with E-state index < -0.39 is 0 Å². The number of anilines is 1. The van der Waals surface area contributed by atoms with Crippen molar-refractivity contribution in [3.8, 4) is 0 Å². The van der Waals surface area contributed by atoms with Crippen LogP contribution in [-0.2, 0) is 0 Å². The number of hydrogen-bond acceptors (Lipinski definition) is 4. The molecule has 0 fully saturated rings. The van der Waals surface area contributed by atoms with E-state index in [1.54, 1.807) is 6.07 Å². The third-order valence-electron chi connectivity index (χ3n) is 1.89. The van der Waals surface area contributed by atoms with Crippen molar-refractivity contribution in [1.82, 2.24) is 9.97 Å². The highest BCUT2D eigenvalue weighted by Gasteiger charge is 2.00. The van der Waals surface area contributed by atoms with E-state index >= 15 is 0 Å². The number of hydrogen-bond donors (Lipinski definition) is 2. The fraction of sp³-hybridized carbons (Fsp3) is 0.556. The molecule has 78 valence electrons. The zero-order valence-corrected chi connectivity index (χ0v) is 8.83. The first-order chi connectivity index (χ1) is 6.72. The zero-order chi connectivity index (χ0) is 10.4. The molecule has 0 spiro atoms. The van der Waals surface area contributed by atoms with Gasteiger partial charge in [-0.25, -0.2) is 9.97 Å². The van der Waals surface area contributed by atoms with Crippen LogP contribution in [0, 0.1) is 0 Å². The number of nitrogens with zero attached hydrogens (tertiary/aromatic N) is 2. The van der Waals surface area contributed by atoms with Crippen molar-refractivity contribution in [2.45, 2.75) is 25.9 Å². The van der Waals surface area contributed by atoms with Crippen molar-refractivity contribution in [3.63, 3.8) is 0 Å². The van der Waals surface area contributed by atoms with E-state index in [-0.39, 0.29) is 6.10 Å². The predicted octanol–water partition coefficient (Wildman–Crippen LogP) is 1.70. The summed E-state index contributed by atoms with van der Waals surface area (Å²) in [5.41, 5.74) is 0. The van der Waals surface area contributed by atoms with E-state index in [1.165, 1.54) is 6.33 Å². The van der Waals surface area contributed by atoms with Crippen LogP contribution in [0.1, 0.15) is 19.8 Å². The molecular formula is C9H14ClN3O. The summed E-state index contributed by atoms with van der Waals surface area (Å²) in [5, 5.41) is 12.8. The van der Waals surface area contributed by atoms with Gasteiger partial charge in [-0.05, 0) is 12.8 Å². The van der Waals surface area contributed by atoms with Crippen LogP contribution in [0.2, 0.25) is 5.15 Å². The van der Waals surface area contributed by atoms with Gasteiger partial charge >= 0.3 is 0 Å². The van der Waals surface area contributed by atoms with Gasteiger partial charge in [-0.15, -0.1) is 0 Å². The van der Waals surface area contributed by atoms with Gasteiger partial charge in [0.05, 0.1) is 6.10 Å². The maximum Gasteiger partial charge on any atom is 0.134 e. The second kappa shape index (κ2) is 5.78. The minimum Gasteiger partial charge on any atom is -0.393 e. The largest absolute Gasteiger partial charge is 0.393 e. The van der Waals surface area contributed by atoms with Crippen LogP contribution < -0.4 is 5.32 Å². The Morgan fingerprint density at radius 2 is 2.36 bits per heavy atom. The average Bonchev–Trinajstić information content (AvgIpc) is 2.17. The number of nitrogens with one attached hydrogen (secondary N) is 1. The lowest BCUT2D eigenvalue weighted by Gasteiger charge is -2.08. The third kappa shape index (κ3) is 3.89. The van der Waals surface area contributed by atoms with E-state index in [1.807, 2.05) is 6.92 Å². The van der Waals surface area contributed by atoms with Crippen LogP contribution in [0.3, 0.4) is 0 Å². The second-order valence-electron chi connectivity index (χ2n) is 3.00. The highest BCUT2D eigenvalue weighted by Crippen LogP contribution is 2.08. The van der Waals surface area contributed by atoms with E-state index in [4.69, 9.17) is 11.6 Å². The minimum absolute atomic E-state index is 0.250. The summed E-state index contributed by atoms with van der Waals surface area (Å²) >= 11 is 5.67. The van der Waals surface area contributed by atoms with Crippen LogP contribution in [0.5, 0.6) is 0 Å². The van der Waals surface area contributed by atoms with Crippen LogP contribution in [0.15, 0.2) is 12.4 Å². The molecule has 1 atom stereocenters. The summed E-state index contributed by atoms with van der Waals surface area (Å²) in [5.74, 6) is 0.688. The number of aliphatic hydroxyl groups excluding tert-OH is 1. The Kier molecular flexibility index (Phi) is 4.62. The minimum atomic E-state index is -0.250. The highest BCUT2D eigenvalue weighted by molar-refractivity contribution is 6.29. The molecule has 0 aliphatic carbocycles. The van der Waals surface area contributed by atoms with Crippen molar-refractivity contribution >= 4 is 17.4 Å². The Balaban J connectivity index is 2.31. The fourth-order valence-electron chi connectivity index (χ4n) is 1.00. The number of rotatable bonds is 5. The van der Waals surface area contributed by atoms with Gasteiger partial charge in [-0.3, -0.25) is 0 Å². The van der Waals surface area contributed by atoms with Crippen molar-refractivity contribution in [2.75, 3.05) is 11.9 Å². The molecule has 0 radical (unpaired) electrons. The van der Waals surface area contributed by atoms with Gasteiger partial charge in [0.15, 0.2) is 0 Å². The topological polar surface area (TPSA) is 58.0 Å². The van der Waals surface area contributed by atoms with Gasteiger partial charge in [-0.1, -0.05) is 18.5 Å². The van der Waals surface area contributed by atoms with Crippen molar-refractivity contribution in [3.05, 3.63) is 17.5 Å². The molecule has 1 aromatic rings. The molecule has 0 aliphatic heterocycles. The Hall–Kier alpha value is -0.870. The summed E-state index contributed by atoms with van der Waals surface area (Å²) in [6.07, 6.45) is 2.63. The van der Waals surface area contributed by atoms with E-state index in [2.05, 4.69) is 15.3 Å². The van der Waals surface area contributed by atoms with Crippen LogP contribution >= 0.6 is 11.6 Å². The van der Waals surface area contributed by atoms with E-state index in [0.29, 0.717) is 23.9 Å². The quantitative estimate of drug-likeness (QED) is 0.735. The van der Waals surface area contributed by atoms with Crippen LogP contribution in [0.25, 0.3) is 0 Å².